The lowest BCUT2D eigenvalue weighted by atomic mass is 10.0. The summed E-state index contributed by atoms with van der Waals surface area (Å²) < 4.78 is 27.0. The van der Waals surface area contributed by atoms with Crippen LogP contribution in [0.3, 0.4) is 0 Å². The largest absolute Gasteiger partial charge is 0.243 e. The van der Waals surface area contributed by atoms with E-state index >= 15 is 0 Å². The molecule has 3 atom stereocenters. The molecule has 1 saturated heterocycles. The minimum absolute atomic E-state index is 0.164. The topological polar surface area (TPSA) is 37.1 Å². The number of allylic oxidation sites excluding steroid dienone is 2. The van der Waals surface area contributed by atoms with Gasteiger partial charge in [-0.2, -0.15) is 4.31 Å². The number of hydrogen-bond acceptors (Lipinski definition) is 2. The molecule has 1 heterocycles. The fraction of sp³-hybridized carbons (Fsp3) is 0.600. The van der Waals surface area contributed by atoms with Gasteiger partial charge in [-0.3, -0.25) is 0 Å². The molecular formula is C20H33NO2SSi. The Labute approximate surface area is 155 Å². The molecule has 5 heteroatoms. The number of hydrogen-bond donors (Lipinski definition) is 0. The fourth-order valence-electron chi connectivity index (χ4n) is 3.42. The predicted molar refractivity (Wildman–Crippen MR) is 109 cm³/mol. The van der Waals surface area contributed by atoms with Gasteiger partial charge < -0.3 is 0 Å². The smallest absolute Gasteiger partial charge is 0.207 e. The highest BCUT2D eigenvalue weighted by Gasteiger charge is 2.46. The van der Waals surface area contributed by atoms with Gasteiger partial charge in [0.15, 0.2) is 0 Å². The monoisotopic (exact) mass is 379 g/mol. The Morgan fingerprint density at radius 2 is 1.88 bits per heavy atom. The second-order valence-corrected chi connectivity index (χ2v) is 16.2. The van der Waals surface area contributed by atoms with Crippen molar-refractivity contribution in [2.45, 2.75) is 70.2 Å². The maximum atomic E-state index is 12.7. The van der Waals surface area contributed by atoms with Crippen LogP contribution in [0.4, 0.5) is 0 Å². The van der Waals surface area contributed by atoms with E-state index in [1.165, 1.54) is 11.6 Å². The molecule has 1 aromatic rings. The van der Waals surface area contributed by atoms with Gasteiger partial charge >= 0.3 is 0 Å². The maximum absolute atomic E-state index is 12.7. The molecule has 2 rings (SSSR count). The summed E-state index contributed by atoms with van der Waals surface area (Å²) in [5, 5.41) is 0. The van der Waals surface area contributed by atoms with E-state index in [2.05, 4.69) is 39.6 Å². The summed E-state index contributed by atoms with van der Waals surface area (Å²) in [6.07, 6.45) is 4.45. The zero-order valence-electron chi connectivity index (χ0n) is 16.5. The van der Waals surface area contributed by atoms with Crippen molar-refractivity contribution in [3.63, 3.8) is 0 Å². The molecule has 0 saturated carbocycles. The van der Waals surface area contributed by atoms with Crippen molar-refractivity contribution in [3.8, 4) is 0 Å². The Kier molecular flexibility index (Phi) is 6.34. The van der Waals surface area contributed by atoms with Crippen LogP contribution < -0.4 is 0 Å². The zero-order valence-corrected chi connectivity index (χ0v) is 18.4. The van der Waals surface area contributed by atoms with Crippen LogP contribution in [-0.2, 0) is 10.0 Å². The van der Waals surface area contributed by atoms with E-state index in [4.69, 9.17) is 0 Å². The van der Waals surface area contributed by atoms with E-state index in [0.717, 1.165) is 18.4 Å². The average Bonchev–Trinajstić information content (AvgIpc) is 3.26. The molecule has 1 aliphatic heterocycles. The summed E-state index contributed by atoms with van der Waals surface area (Å²) in [5.74, 6) is 0.399. The first kappa shape index (κ1) is 20.4. The van der Waals surface area contributed by atoms with E-state index in [9.17, 15) is 8.42 Å². The summed E-state index contributed by atoms with van der Waals surface area (Å²) in [6.45, 7) is 14.2. The highest BCUT2D eigenvalue weighted by atomic mass is 32.2. The molecule has 0 aliphatic carbocycles. The SMILES string of the molecule is C/C(=C\CC[C@H](C)[C@@H]1CN1S(=O)(=O)c1ccc(C)cc1)C[Si](C)(C)C. The number of rotatable bonds is 8. The first-order valence-corrected chi connectivity index (χ1v) is 14.4. The molecule has 0 amide bonds. The lowest BCUT2D eigenvalue weighted by molar-refractivity contribution is 0.472. The van der Waals surface area contributed by atoms with Gasteiger partial charge in [-0.25, -0.2) is 8.42 Å². The Morgan fingerprint density at radius 3 is 2.44 bits per heavy atom. The van der Waals surface area contributed by atoms with Gasteiger partial charge in [0.2, 0.25) is 10.0 Å². The normalized spacial score (nSPS) is 22.7. The lowest BCUT2D eigenvalue weighted by Crippen LogP contribution is -2.19. The second-order valence-electron chi connectivity index (χ2n) is 8.80. The van der Waals surface area contributed by atoms with Gasteiger partial charge in [0, 0.05) is 20.7 Å². The Hall–Kier alpha value is -0.913. The van der Waals surface area contributed by atoms with Crippen LogP contribution >= 0.6 is 0 Å². The Morgan fingerprint density at radius 1 is 1.28 bits per heavy atom. The van der Waals surface area contributed by atoms with E-state index < -0.39 is 18.1 Å². The van der Waals surface area contributed by atoms with E-state index in [0.29, 0.717) is 17.4 Å². The predicted octanol–water partition coefficient (Wildman–Crippen LogP) is 5.07. The van der Waals surface area contributed by atoms with Crippen molar-refractivity contribution in [1.29, 1.82) is 0 Å². The van der Waals surface area contributed by atoms with E-state index in [-0.39, 0.29) is 6.04 Å². The third-order valence-electron chi connectivity index (χ3n) is 4.81. The average molecular weight is 380 g/mol. The van der Waals surface area contributed by atoms with Crippen molar-refractivity contribution < 1.29 is 8.42 Å². The Balaban J connectivity index is 1.88. The van der Waals surface area contributed by atoms with Gasteiger partial charge in [-0.15, -0.1) is 0 Å². The summed E-state index contributed by atoms with van der Waals surface area (Å²) in [5.41, 5.74) is 2.57. The minimum atomic E-state index is -3.32. The van der Waals surface area contributed by atoms with Gasteiger partial charge in [0.25, 0.3) is 0 Å². The number of sulfonamides is 1. The molecule has 1 unspecified atom stereocenters. The highest BCUT2D eigenvalue weighted by molar-refractivity contribution is 7.89. The molecule has 1 aromatic carbocycles. The first-order chi connectivity index (χ1) is 11.5. The van der Waals surface area contributed by atoms with Crippen molar-refractivity contribution in [2.24, 2.45) is 5.92 Å². The number of aryl methyl sites for hydroxylation is 1. The van der Waals surface area contributed by atoms with Crippen LogP contribution in [0.2, 0.25) is 25.7 Å². The van der Waals surface area contributed by atoms with Gasteiger partial charge in [-0.05, 0) is 50.8 Å². The third-order valence-corrected chi connectivity index (χ3v) is 8.34. The number of benzene rings is 1. The lowest BCUT2D eigenvalue weighted by Gasteiger charge is -2.16. The maximum Gasteiger partial charge on any atom is 0.243 e. The van der Waals surface area contributed by atoms with E-state index in [1.54, 1.807) is 16.4 Å². The minimum Gasteiger partial charge on any atom is -0.207 e. The van der Waals surface area contributed by atoms with Crippen LogP contribution in [0.25, 0.3) is 0 Å². The van der Waals surface area contributed by atoms with Crippen LogP contribution in [0.15, 0.2) is 40.8 Å². The summed E-state index contributed by atoms with van der Waals surface area (Å²) >= 11 is 0. The quantitative estimate of drug-likeness (QED) is 0.359. The van der Waals surface area contributed by atoms with Gasteiger partial charge in [0.1, 0.15) is 0 Å². The standard InChI is InChI=1S/C20H33NO2SSi/c1-16-10-12-19(13-11-16)24(22,23)21-14-20(21)18(3)9-7-8-17(2)15-25(4,5)6/h8,10-13,18,20H,7,9,14-15H2,1-6H3/b17-8+/t18-,20-,21?/m0/s1. The van der Waals surface area contributed by atoms with Crippen molar-refractivity contribution in [2.75, 3.05) is 6.54 Å². The zero-order chi connectivity index (χ0) is 18.8. The molecule has 0 N–H and O–H groups in total. The van der Waals surface area contributed by atoms with Crippen LogP contribution in [-0.4, -0.2) is 33.4 Å². The molecule has 25 heavy (non-hydrogen) atoms. The van der Waals surface area contributed by atoms with Crippen LogP contribution in [0.5, 0.6) is 0 Å². The van der Waals surface area contributed by atoms with Gasteiger partial charge in [0.05, 0.1) is 4.90 Å². The molecule has 0 bridgehead atoms. The van der Waals surface area contributed by atoms with Crippen molar-refractivity contribution >= 4 is 18.1 Å². The fourth-order valence-corrected chi connectivity index (χ4v) is 6.90. The third kappa shape index (κ3) is 5.80. The second kappa shape index (κ2) is 7.76. The molecule has 0 spiro atoms. The number of nitrogens with zero attached hydrogens (tertiary/aromatic N) is 1. The summed E-state index contributed by atoms with van der Waals surface area (Å²) in [7, 11) is -4.36. The summed E-state index contributed by atoms with van der Waals surface area (Å²) in [6, 6.07) is 8.57. The first-order valence-electron chi connectivity index (χ1n) is 9.25. The van der Waals surface area contributed by atoms with Crippen molar-refractivity contribution in [3.05, 3.63) is 41.5 Å². The van der Waals surface area contributed by atoms with E-state index in [1.807, 2.05) is 19.1 Å². The van der Waals surface area contributed by atoms with Gasteiger partial charge in [-0.1, -0.05) is 55.9 Å². The summed E-state index contributed by atoms with van der Waals surface area (Å²) in [4.78, 5) is 0.415. The van der Waals surface area contributed by atoms with Crippen LogP contribution in [0.1, 0.15) is 32.3 Å². The molecule has 1 fully saturated rings. The Bertz CT molecular complexity index is 717. The molecule has 140 valence electrons. The molecule has 1 aliphatic rings. The van der Waals surface area contributed by atoms with Crippen molar-refractivity contribution in [1.82, 2.24) is 4.31 Å². The molecule has 3 nitrogen and oxygen atoms in total. The molecule has 0 radical (unpaired) electrons. The molecular weight excluding hydrogens is 346 g/mol. The van der Waals surface area contributed by atoms with Crippen LogP contribution in [0, 0.1) is 12.8 Å². The highest BCUT2D eigenvalue weighted by Crippen LogP contribution is 2.35. The molecule has 0 aromatic heterocycles.